The van der Waals surface area contributed by atoms with Crippen molar-refractivity contribution >= 4 is 29.0 Å². The van der Waals surface area contributed by atoms with Crippen molar-refractivity contribution in [3.8, 4) is 0 Å². The topological polar surface area (TPSA) is 17.1 Å². The van der Waals surface area contributed by atoms with E-state index in [1.165, 1.54) is 6.42 Å². The fraction of sp³-hybridized carbons (Fsp3) is 0.235. The minimum atomic E-state index is -0.0805. The predicted octanol–water partition coefficient (Wildman–Crippen LogP) is 5.49. The third kappa shape index (κ3) is 2.36. The lowest BCUT2D eigenvalue weighted by Crippen LogP contribution is -2.14. The molecular weight excluding hydrogens is 291 g/mol. The summed E-state index contributed by atoms with van der Waals surface area (Å²) in [5.41, 5.74) is 2.26. The molecule has 0 bridgehead atoms. The second-order valence-corrected chi connectivity index (χ2v) is 5.96. The van der Waals surface area contributed by atoms with Gasteiger partial charge in [-0.1, -0.05) is 60.0 Å². The Balaban J connectivity index is 2.07. The molecule has 2 aromatic carbocycles. The van der Waals surface area contributed by atoms with Crippen molar-refractivity contribution in [1.29, 1.82) is 0 Å². The highest BCUT2D eigenvalue weighted by atomic mass is 35.5. The van der Waals surface area contributed by atoms with Crippen molar-refractivity contribution in [2.45, 2.75) is 25.2 Å². The van der Waals surface area contributed by atoms with Crippen molar-refractivity contribution < 1.29 is 4.79 Å². The summed E-state index contributed by atoms with van der Waals surface area (Å²) in [4.78, 5) is 12.8. The average Bonchev–Trinajstić information content (AvgIpc) is 2.37. The maximum absolute atomic E-state index is 12.8. The molecule has 3 heteroatoms. The molecule has 1 aliphatic carbocycles. The first-order valence-electron chi connectivity index (χ1n) is 6.76. The van der Waals surface area contributed by atoms with Gasteiger partial charge in [0.2, 0.25) is 0 Å². The lowest BCUT2D eigenvalue weighted by molar-refractivity contribution is 0.103. The Morgan fingerprint density at radius 3 is 2.20 bits per heavy atom. The minimum Gasteiger partial charge on any atom is -0.288 e. The third-order valence-corrected chi connectivity index (χ3v) is 4.57. The Morgan fingerprint density at radius 2 is 1.60 bits per heavy atom. The number of halogens is 2. The Kier molecular flexibility index (Phi) is 3.82. The zero-order valence-electron chi connectivity index (χ0n) is 10.9. The number of benzene rings is 2. The summed E-state index contributed by atoms with van der Waals surface area (Å²) in [5, 5.41) is 0.817. The van der Waals surface area contributed by atoms with Crippen LogP contribution < -0.4 is 0 Å². The minimum absolute atomic E-state index is 0.0805. The molecule has 0 radical (unpaired) electrons. The Bertz CT molecular complexity index is 640. The van der Waals surface area contributed by atoms with E-state index in [2.05, 4.69) is 0 Å². The zero-order chi connectivity index (χ0) is 14.1. The normalized spacial score (nSPS) is 14.9. The van der Waals surface area contributed by atoms with E-state index in [0.717, 1.165) is 24.0 Å². The molecule has 1 nitrogen and oxygen atoms in total. The molecule has 0 spiro atoms. The molecule has 0 amide bonds. The standard InChI is InChI=1S/C17H14Cl2O/c18-14-9-4-10-15(19)16(14)17(20)13-8-2-1-7-12(13)11-5-3-6-11/h1-2,4,7-11H,3,5-6H2. The first kappa shape index (κ1) is 13.7. The van der Waals surface area contributed by atoms with Gasteiger partial charge in [-0.15, -0.1) is 0 Å². The quantitative estimate of drug-likeness (QED) is 0.685. The van der Waals surface area contributed by atoms with Gasteiger partial charge in [-0.2, -0.15) is 0 Å². The second kappa shape index (κ2) is 5.59. The Morgan fingerprint density at radius 1 is 0.950 bits per heavy atom. The van der Waals surface area contributed by atoms with Crippen LogP contribution in [-0.4, -0.2) is 5.78 Å². The molecule has 0 saturated heterocycles. The van der Waals surface area contributed by atoms with Gasteiger partial charge in [-0.25, -0.2) is 0 Å². The molecule has 0 heterocycles. The van der Waals surface area contributed by atoms with Crippen molar-refractivity contribution in [1.82, 2.24) is 0 Å². The highest BCUT2D eigenvalue weighted by Gasteiger charge is 2.26. The largest absolute Gasteiger partial charge is 0.288 e. The number of carbonyl (C=O) groups excluding carboxylic acids is 1. The van der Waals surface area contributed by atoms with Gasteiger partial charge in [0.15, 0.2) is 5.78 Å². The van der Waals surface area contributed by atoms with Crippen LogP contribution in [0, 0.1) is 0 Å². The fourth-order valence-electron chi connectivity index (χ4n) is 2.63. The maximum Gasteiger partial charge on any atom is 0.196 e. The zero-order valence-corrected chi connectivity index (χ0v) is 12.4. The first-order chi connectivity index (χ1) is 9.68. The molecular formula is C17H14Cl2O. The van der Waals surface area contributed by atoms with Crippen molar-refractivity contribution in [3.63, 3.8) is 0 Å². The van der Waals surface area contributed by atoms with E-state index in [-0.39, 0.29) is 5.78 Å². The van der Waals surface area contributed by atoms with E-state index in [4.69, 9.17) is 23.2 Å². The Hall–Kier alpha value is -1.31. The molecule has 3 rings (SSSR count). The van der Waals surface area contributed by atoms with Gasteiger partial charge < -0.3 is 0 Å². The molecule has 20 heavy (non-hydrogen) atoms. The molecule has 1 fully saturated rings. The van der Waals surface area contributed by atoms with E-state index >= 15 is 0 Å². The van der Waals surface area contributed by atoms with Crippen LogP contribution in [0.1, 0.15) is 46.7 Å². The summed E-state index contributed by atoms with van der Waals surface area (Å²) in [6.45, 7) is 0. The van der Waals surface area contributed by atoms with Crippen LogP contribution in [-0.2, 0) is 0 Å². The van der Waals surface area contributed by atoms with Gasteiger partial charge in [-0.3, -0.25) is 4.79 Å². The van der Waals surface area contributed by atoms with Crippen LogP contribution in [0.25, 0.3) is 0 Å². The van der Waals surface area contributed by atoms with Gasteiger partial charge in [0.05, 0.1) is 15.6 Å². The summed E-state index contributed by atoms with van der Waals surface area (Å²) < 4.78 is 0. The predicted molar refractivity (Wildman–Crippen MR) is 82.9 cm³/mol. The van der Waals surface area contributed by atoms with Gasteiger partial charge >= 0.3 is 0 Å². The number of hydrogen-bond donors (Lipinski definition) is 0. The summed E-state index contributed by atoms with van der Waals surface area (Å²) in [7, 11) is 0. The summed E-state index contributed by atoms with van der Waals surface area (Å²) >= 11 is 12.3. The van der Waals surface area contributed by atoms with Gasteiger partial charge in [0.1, 0.15) is 0 Å². The average molecular weight is 305 g/mol. The van der Waals surface area contributed by atoms with E-state index < -0.39 is 0 Å². The molecule has 0 unspecified atom stereocenters. The summed E-state index contributed by atoms with van der Waals surface area (Å²) in [5.74, 6) is 0.416. The molecule has 1 saturated carbocycles. The second-order valence-electron chi connectivity index (χ2n) is 5.14. The summed E-state index contributed by atoms with van der Waals surface area (Å²) in [6.07, 6.45) is 3.54. The monoisotopic (exact) mass is 304 g/mol. The van der Waals surface area contributed by atoms with Gasteiger partial charge in [0, 0.05) is 5.56 Å². The van der Waals surface area contributed by atoms with Crippen LogP contribution in [0.5, 0.6) is 0 Å². The molecule has 102 valence electrons. The fourth-order valence-corrected chi connectivity index (χ4v) is 3.20. The van der Waals surface area contributed by atoms with E-state index in [1.54, 1.807) is 18.2 Å². The molecule has 0 aromatic heterocycles. The van der Waals surface area contributed by atoms with Crippen LogP contribution in [0.15, 0.2) is 42.5 Å². The van der Waals surface area contributed by atoms with E-state index in [0.29, 0.717) is 21.5 Å². The molecule has 0 atom stereocenters. The molecule has 1 aliphatic rings. The molecule has 2 aromatic rings. The van der Waals surface area contributed by atoms with Crippen LogP contribution in [0.2, 0.25) is 10.0 Å². The van der Waals surface area contributed by atoms with Crippen LogP contribution in [0.4, 0.5) is 0 Å². The smallest absolute Gasteiger partial charge is 0.196 e. The lowest BCUT2D eigenvalue weighted by Gasteiger charge is -2.27. The highest BCUT2D eigenvalue weighted by molar-refractivity contribution is 6.41. The van der Waals surface area contributed by atoms with Crippen LogP contribution in [0.3, 0.4) is 0 Å². The third-order valence-electron chi connectivity index (χ3n) is 3.94. The van der Waals surface area contributed by atoms with Gasteiger partial charge in [0.25, 0.3) is 0 Å². The van der Waals surface area contributed by atoms with Crippen molar-refractivity contribution in [2.75, 3.05) is 0 Å². The first-order valence-corrected chi connectivity index (χ1v) is 7.51. The van der Waals surface area contributed by atoms with E-state index in [9.17, 15) is 4.79 Å². The summed E-state index contributed by atoms with van der Waals surface area (Å²) in [6, 6.07) is 12.9. The Labute approximate surface area is 128 Å². The highest BCUT2D eigenvalue weighted by Crippen LogP contribution is 2.39. The van der Waals surface area contributed by atoms with Crippen LogP contribution >= 0.6 is 23.2 Å². The van der Waals surface area contributed by atoms with Crippen molar-refractivity contribution in [3.05, 3.63) is 69.2 Å². The number of hydrogen-bond acceptors (Lipinski definition) is 1. The van der Waals surface area contributed by atoms with Gasteiger partial charge in [-0.05, 0) is 36.5 Å². The maximum atomic E-state index is 12.8. The molecule has 0 N–H and O–H groups in total. The number of rotatable bonds is 3. The SMILES string of the molecule is O=C(c1ccccc1C1CCC1)c1c(Cl)cccc1Cl. The van der Waals surface area contributed by atoms with Crippen molar-refractivity contribution in [2.24, 2.45) is 0 Å². The number of ketones is 1. The number of carbonyl (C=O) groups is 1. The molecule has 0 aliphatic heterocycles. The van der Waals surface area contributed by atoms with E-state index in [1.807, 2.05) is 24.3 Å². The lowest BCUT2D eigenvalue weighted by atomic mass is 9.77.